The number of hydrogen-bond donors (Lipinski definition) is 1. The molecule has 0 saturated heterocycles. The molecule has 1 nitrogen and oxygen atoms in total. The molecule has 0 heterocycles. The van der Waals surface area contributed by atoms with Crippen LogP contribution in [0.15, 0.2) is 0 Å². The van der Waals surface area contributed by atoms with E-state index in [1.54, 1.807) is 0 Å². The first-order chi connectivity index (χ1) is 5.20. The summed E-state index contributed by atoms with van der Waals surface area (Å²) in [4.78, 5) is 0. The fourth-order valence-corrected chi connectivity index (χ4v) is 1.54. The molecule has 1 aliphatic rings. The first kappa shape index (κ1) is 9.05. The van der Waals surface area contributed by atoms with Gasteiger partial charge in [-0.3, -0.25) is 0 Å². The Hall–Kier alpha value is -0.0400. The normalized spacial score (nSPS) is 21.8. The summed E-state index contributed by atoms with van der Waals surface area (Å²) >= 11 is 0. The number of hydrogen-bond acceptors (Lipinski definition) is 1. The highest BCUT2D eigenvalue weighted by atomic mass is 14.6. The van der Waals surface area contributed by atoms with E-state index in [2.05, 4.69) is 13.8 Å². The van der Waals surface area contributed by atoms with E-state index in [1.807, 2.05) is 0 Å². The lowest BCUT2D eigenvalue weighted by atomic mass is 9.80. The van der Waals surface area contributed by atoms with Gasteiger partial charge in [-0.25, -0.2) is 0 Å². The van der Waals surface area contributed by atoms with Crippen LogP contribution in [0.4, 0.5) is 0 Å². The van der Waals surface area contributed by atoms with Crippen molar-refractivity contribution in [1.29, 1.82) is 0 Å². The summed E-state index contributed by atoms with van der Waals surface area (Å²) < 4.78 is 0. The van der Waals surface area contributed by atoms with Gasteiger partial charge in [-0.05, 0) is 24.7 Å². The third kappa shape index (κ3) is 2.82. The SMILES string of the molecule is CC(C)C(N)CCC1CCC1. The van der Waals surface area contributed by atoms with E-state index in [0.717, 1.165) is 5.92 Å². The van der Waals surface area contributed by atoms with Crippen molar-refractivity contribution in [3.05, 3.63) is 0 Å². The van der Waals surface area contributed by atoms with Gasteiger partial charge < -0.3 is 5.73 Å². The van der Waals surface area contributed by atoms with Crippen molar-refractivity contribution < 1.29 is 0 Å². The van der Waals surface area contributed by atoms with Gasteiger partial charge in [-0.1, -0.05) is 33.1 Å². The minimum atomic E-state index is 0.440. The average Bonchev–Trinajstić information content (AvgIpc) is 1.83. The van der Waals surface area contributed by atoms with Crippen LogP contribution in [-0.2, 0) is 0 Å². The highest BCUT2D eigenvalue weighted by Crippen LogP contribution is 2.31. The quantitative estimate of drug-likeness (QED) is 0.663. The summed E-state index contributed by atoms with van der Waals surface area (Å²) in [6, 6.07) is 0.440. The second kappa shape index (κ2) is 4.10. The van der Waals surface area contributed by atoms with Crippen molar-refractivity contribution >= 4 is 0 Å². The maximum absolute atomic E-state index is 5.94. The highest BCUT2D eigenvalue weighted by Gasteiger charge is 2.18. The molecular weight excluding hydrogens is 134 g/mol. The van der Waals surface area contributed by atoms with Crippen LogP contribution >= 0.6 is 0 Å². The third-order valence-electron chi connectivity index (χ3n) is 2.99. The molecule has 1 atom stereocenters. The van der Waals surface area contributed by atoms with Crippen LogP contribution in [0.1, 0.15) is 46.0 Å². The Balaban J connectivity index is 2.01. The standard InChI is InChI=1S/C10H21N/c1-8(2)10(11)7-6-9-4-3-5-9/h8-10H,3-7,11H2,1-2H3. The Morgan fingerprint density at radius 1 is 1.36 bits per heavy atom. The monoisotopic (exact) mass is 155 g/mol. The summed E-state index contributed by atoms with van der Waals surface area (Å²) in [5.74, 6) is 1.69. The Morgan fingerprint density at radius 2 is 2.00 bits per heavy atom. The zero-order valence-corrected chi connectivity index (χ0v) is 7.84. The fourth-order valence-electron chi connectivity index (χ4n) is 1.54. The van der Waals surface area contributed by atoms with E-state index in [-0.39, 0.29) is 0 Å². The van der Waals surface area contributed by atoms with Gasteiger partial charge in [0.05, 0.1) is 0 Å². The zero-order valence-electron chi connectivity index (χ0n) is 7.84. The maximum Gasteiger partial charge on any atom is 0.00619 e. The Kier molecular flexibility index (Phi) is 3.38. The van der Waals surface area contributed by atoms with Crippen LogP contribution < -0.4 is 5.73 Å². The lowest BCUT2D eigenvalue weighted by Gasteiger charge is -2.27. The minimum absolute atomic E-state index is 0.440. The third-order valence-corrected chi connectivity index (χ3v) is 2.99. The second-order valence-corrected chi connectivity index (χ2v) is 4.28. The summed E-state index contributed by atoms with van der Waals surface area (Å²) in [6.07, 6.45) is 7.00. The zero-order chi connectivity index (χ0) is 8.27. The van der Waals surface area contributed by atoms with E-state index in [1.165, 1.54) is 32.1 Å². The van der Waals surface area contributed by atoms with E-state index in [4.69, 9.17) is 5.73 Å². The summed E-state index contributed by atoms with van der Waals surface area (Å²) in [5, 5.41) is 0. The van der Waals surface area contributed by atoms with Crippen LogP contribution in [0.2, 0.25) is 0 Å². The largest absolute Gasteiger partial charge is 0.327 e. The van der Waals surface area contributed by atoms with Crippen LogP contribution in [0.25, 0.3) is 0 Å². The molecule has 1 aliphatic carbocycles. The van der Waals surface area contributed by atoms with Crippen LogP contribution in [-0.4, -0.2) is 6.04 Å². The van der Waals surface area contributed by atoms with Gasteiger partial charge in [0.15, 0.2) is 0 Å². The van der Waals surface area contributed by atoms with Crippen molar-refractivity contribution in [1.82, 2.24) is 0 Å². The van der Waals surface area contributed by atoms with Crippen molar-refractivity contribution in [2.45, 2.75) is 52.0 Å². The van der Waals surface area contributed by atoms with E-state index in [0.29, 0.717) is 12.0 Å². The molecule has 11 heavy (non-hydrogen) atoms. The minimum Gasteiger partial charge on any atom is -0.327 e. The van der Waals surface area contributed by atoms with Crippen molar-refractivity contribution in [3.8, 4) is 0 Å². The number of rotatable bonds is 4. The lowest BCUT2D eigenvalue weighted by molar-refractivity contribution is 0.272. The first-order valence-corrected chi connectivity index (χ1v) is 4.95. The Bertz CT molecular complexity index is 105. The second-order valence-electron chi connectivity index (χ2n) is 4.28. The predicted octanol–water partition coefficient (Wildman–Crippen LogP) is 2.55. The van der Waals surface area contributed by atoms with Crippen LogP contribution in [0.5, 0.6) is 0 Å². The molecule has 2 N–H and O–H groups in total. The Morgan fingerprint density at radius 3 is 2.36 bits per heavy atom. The molecule has 0 radical (unpaired) electrons. The van der Waals surface area contributed by atoms with E-state index < -0.39 is 0 Å². The molecule has 0 spiro atoms. The van der Waals surface area contributed by atoms with Gasteiger partial charge >= 0.3 is 0 Å². The van der Waals surface area contributed by atoms with Gasteiger partial charge in [0.25, 0.3) is 0 Å². The summed E-state index contributed by atoms with van der Waals surface area (Å²) in [6.45, 7) is 4.43. The molecule has 1 heteroatoms. The molecule has 0 aromatic carbocycles. The fraction of sp³-hybridized carbons (Fsp3) is 1.00. The molecule has 1 saturated carbocycles. The van der Waals surface area contributed by atoms with Gasteiger partial charge in [-0.15, -0.1) is 0 Å². The molecule has 0 bridgehead atoms. The summed E-state index contributed by atoms with van der Waals surface area (Å²) in [5.41, 5.74) is 5.94. The van der Waals surface area contributed by atoms with Crippen molar-refractivity contribution in [2.24, 2.45) is 17.6 Å². The van der Waals surface area contributed by atoms with Gasteiger partial charge in [0, 0.05) is 6.04 Å². The van der Waals surface area contributed by atoms with Gasteiger partial charge in [0.2, 0.25) is 0 Å². The van der Waals surface area contributed by atoms with E-state index in [9.17, 15) is 0 Å². The number of nitrogens with two attached hydrogens (primary N) is 1. The molecule has 66 valence electrons. The predicted molar refractivity (Wildman–Crippen MR) is 49.4 cm³/mol. The highest BCUT2D eigenvalue weighted by molar-refractivity contribution is 4.73. The van der Waals surface area contributed by atoms with Gasteiger partial charge in [-0.2, -0.15) is 0 Å². The maximum atomic E-state index is 5.94. The molecular formula is C10H21N. The van der Waals surface area contributed by atoms with Gasteiger partial charge in [0.1, 0.15) is 0 Å². The lowest BCUT2D eigenvalue weighted by Crippen LogP contribution is -2.27. The summed E-state index contributed by atoms with van der Waals surface area (Å²) in [7, 11) is 0. The molecule has 0 amide bonds. The molecule has 1 rings (SSSR count). The molecule has 0 aliphatic heterocycles. The van der Waals surface area contributed by atoms with Crippen LogP contribution in [0.3, 0.4) is 0 Å². The molecule has 0 aromatic rings. The van der Waals surface area contributed by atoms with Crippen molar-refractivity contribution in [2.75, 3.05) is 0 Å². The topological polar surface area (TPSA) is 26.0 Å². The molecule has 1 unspecified atom stereocenters. The van der Waals surface area contributed by atoms with Crippen LogP contribution in [0, 0.1) is 11.8 Å². The van der Waals surface area contributed by atoms with Crippen molar-refractivity contribution in [3.63, 3.8) is 0 Å². The molecule has 1 fully saturated rings. The smallest absolute Gasteiger partial charge is 0.00619 e. The first-order valence-electron chi connectivity index (χ1n) is 4.95. The van der Waals surface area contributed by atoms with E-state index >= 15 is 0 Å². The average molecular weight is 155 g/mol. The molecule has 0 aromatic heterocycles. The Labute approximate surface area is 70.4 Å².